The van der Waals surface area contributed by atoms with Gasteiger partial charge in [-0.25, -0.2) is 9.69 Å². The Hall–Kier alpha value is -3.42. The van der Waals surface area contributed by atoms with E-state index in [1.54, 1.807) is 36.4 Å². The number of benzene rings is 3. The molecule has 4 rings (SSSR count). The van der Waals surface area contributed by atoms with Crippen molar-refractivity contribution in [3.63, 3.8) is 0 Å². The highest BCUT2D eigenvalue weighted by Crippen LogP contribution is 2.30. The molecular weight excluding hydrogens is 520 g/mol. The van der Waals surface area contributed by atoms with E-state index in [9.17, 15) is 14.4 Å². The molecule has 1 saturated heterocycles. The van der Waals surface area contributed by atoms with E-state index in [1.807, 2.05) is 37.3 Å². The average molecular weight is 540 g/mol. The van der Waals surface area contributed by atoms with E-state index < -0.39 is 17.8 Å². The average Bonchev–Trinajstić information content (AvgIpc) is 2.82. The lowest BCUT2D eigenvalue weighted by Gasteiger charge is -2.28. The summed E-state index contributed by atoms with van der Waals surface area (Å²) in [7, 11) is 0. The van der Waals surface area contributed by atoms with Crippen molar-refractivity contribution in [2.75, 3.05) is 4.90 Å². The number of carbonyl (C=O) groups excluding carboxylic acids is 3. The standard InChI is InChI=1S/C26H20BrClN2O4/c1-2-16-7-4-6-10-22(16)30-25(32)20(24(31)29-26(30)33)14-18-13-19(27)11-12-23(18)34-15-17-8-3-5-9-21(17)28/h3-14H,2,15H2,1H3,(H,29,31,33)/b20-14-. The van der Waals surface area contributed by atoms with Crippen LogP contribution in [0.5, 0.6) is 5.75 Å². The first-order chi connectivity index (χ1) is 16.4. The number of urea groups is 1. The summed E-state index contributed by atoms with van der Waals surface area (Å²) < 4.78 is 6.70. The van der Waals surface area contributed by atoms with Crippen molar-refractivity contribution in [1.29, 1.82) is 0 Å². The smallest absolute Gasteiger partial charge is 0.335 e. The molecule has 1 fully saturated rings. The number of nitrogens with zero attached hydrogens (tertiary/aromatic N) is 1. The van der Waals surface area contributed by atoms with Crippen molar-refractivity contribution >= 4 is 57.1 Å². The van der Waals surface area contributed by atoms with Crippen LogP contribution >= 0.6 is 27.5 Å². The fraction of sp³-hybridized carbons (Fsp3) is 0.115. The Morgan fingerprint density at radius 2 is 1.71 bits per heavy atom. The van der Waals surface area contributed by atoms with Gasteiger partial charge in [-0.2, -0.15) is 0 Å². The SMILES string of the molecule is CCc1ccccc1N1C(=O)NC(=O)/C(=C/c2cc(Br)ccc2OCc2ccccc2Cl)C1=O. The number of halogens is 2. The highest BCUT2D eigenvalue weighted by Gasteiger charge is 2.37. The molecule has 1 N–H and O–H groups in total. The van der Waals surface area contributed by atoms with Gasteiger partial charge in [0, 0.05) is 20.6 Å². The lowest BCUT2D eigenvalue weighted by atomic mass is 10.0. The van der Waals surface area contributed by atoms with Gasteiger partial charge < -0.3 is 4.74 Å². The number of hydrogen-bond donors (Lipinski definition) is 1. The van der Waals surface area contributed by atoms with Crippen LogP contribution in [-0.4, -0.2) is 17.8 Å². The minimum Gasteiger partial charge on any atom is -0.488 e. The van der Waals surface area contributed by atoms with Crippen molar-refractivity contribution < 1.29 is 19.1 Å². The lowest BCUT2D eigenvalue weighted by Crippen LogP contribution is -2.54. The Balaban J connectivity index is 1.70. The van der Waals surface area contributed by atoms with Crippen LogP contribution in [0.3, 0.4) is 0 Å². The summed E-state index contributed by atoms with van der Waals surface area (Å²) in [4.78, 5) is 39.6. The van der Waals surface area contributed by atoms with E-state index in [0.717, 1.165) is 20.5 Å². The van der Waals surface area contributed by atoms with Crippen molar-refractivity contribution in [3.8, 4) is 5.75 Å². The van der Waals surface area contributed by atoms with Crippen molar-refractivity contribution in [3.05, 3.63) is 98.5 Å². The molecule has 1 aliphatic heterocycles. The molecule has 0 radical (unpaired) electrons. The van der Waals surface area contributed by atoms with E-state index in [1.165, 1.54) is 6.08 Å². The second-order valence-corrected chi connectivity index (χ2v) is 8.83. The van der Waals surface area contributed by atoms with Crippen LogP contribution in [0.15, 0.2) is 76.8 Å². The first-order valence-electron chi connectivity index (χ1n) is 10.5. The van der Waals surface area contributed by atoms with Crippen molar-refractivity contribution in [1.82, 2.24) is 5.32 Å². The molecule has 34 heavy (non-hydrogen) atoms. The van der Waals surface area contributed by atoms with Crippen molar-refractivity contribution in [2.24, 2.45) is 0 Å². The zero-order valence-electron chi connectivity index (χ0n) is 18.2. The maximum atomic E-state index is 13.3. The molecule has 172 valence electrons. The molecule has 6 nitrogen and oxygen atoms in total. The summed E-state index contributed by atoms with van der Waals surface area (Å²) in [5.41, 5.74) is 2.37. The van der Waals surface area contributed by atoms with E-state index in [0.29, 0.717) is 28.4 Å². The predicted octanol–water partition coefficient (Wildman–Crippen LogP) is 5.91. The number of anilines is 1. The Labute approximate surface area is 210 Å². The van der Waals surface area contributed by atoms with Gasteiger partial charge in [-0.05, 0) is 48.4 Å². The van der Waals surface area contributed by atoms with Gasteiger partial charge in [0.1, 0.15) is 17.9 Å². The Bertz CT molecular complexity index is 1320. The van der Waals surface area contributed by atoms with Crippen LogP contribution in [0.25, 0.3) is 6.08 Å². The van der Waals surface area contributed by atoms with Crippen LogP contribution < -0.4 is 15.0 Å². The fourth-order valence-corrected chi connectivity index (χ4v) is 4.16. The number of hydrogen-bond acceptors (Lipinski definition) is 4. The second kappa shape index (κ2) is 10.2. The molecule has 0 unspecified atom stereocenters. The predicted molar refractivity (Wildman–Crippen MR) is 135 cm³/mol. The molecule has 3 aromatic rings. The third-order valence-electron chi connectivity index (χ3n) is 5.33. The van der Waals surface area contributed by atoms with E-state index in [-0.39, 0.29) is 12.2 Å². The van der Waals surface area contributed by atoms with Gasteiger partial charge in [-0.15, -0.1) is 0 Å². The van der Waals surface area contributed by atoms with Crippen LogP contribution in [0.4, 0.5) is 10.5 Å². The summed E-state index contributed by atoms with van der Waals surface area (Å²) in [6, 6.07) is 18.9. The zero-order valence-corrected chi connectivity index (χ0v) is 20.5. The maximum Gasteiger partial charge on any atom is 0.335 e. The molecule has 8 heteroatoms. The lowest BCUT2D eigenvalue weighted by molar-refractivity contribution is -0.122. The van der Waals surface area contributed by atoms with Crippen molar-refractivity contribution in [2.45, 2.75) is 20.0 Å². The van der Waals surface area contributed by atoms with Gasteiger partial charge in [0.2, 0.25) is 0 Å². The van der Waals surface area contributed by atoms with E-state index in [2.05, 4.69) is 21.2 Å². The quantitative estimate of drug-likeness (QED) is 0.312. The summed E-state index contributed by atoms with van der Waals surface area (Å²) in [5.74, 6) is -1.02. The third kappa shape index (κ3) is 4.90. The molecule has 0 aromatic heterocycles. The number of para-hydroxylation sites is 1. The van der Waals surface area contributed by atoms with E-state index in [4.69, 9.17) is 16.3 Å². The summed E-state index contributed by atoms with van der Waals surface area (Å²) in [6.07, 6.45) is 2.05. The van der Waals surface area contributed by atoms with Crippen LogP contribution in [0.2, 0.25) is 5.02 Å². The summed E-state index contributed by atoms with van der Waals surface area (Å²) in [5, 5.41) is 2.84. The molecular formula is C26H20BrClN2O4. The number of aryl methyl sites for hydroxylation is 1. The van der Waals surface area contributed by atoms with Gasteiger partial charge in [-0.3, -0.25) is 14.9 Å². The van der Waals surface area contributed by atoms with Gasteiger partial charge in [0.25, 0.3) is 11.8 Å². The number of ether oxygens (including phenoxy) is 1. The minimum absolute atomic E-state index is 0.175. The first kappa shape index (κ1) is 23.7. The fourth-order valence-electron chi connectivity index (χ4n) is 3.59. The molecule has 0 bridgehead atoms. The highest BCUT2D eigenvalue weighted by molar-refractivity contribution is 9.10. The van der Waals surface area contributed by atoms with Crippen LogP contribution in [0, 0.1) is 0 Å². The maximum absolute atomic E-state index is 13.3. The molecule has 1 aliphatic rings. The topological polar surface area (TPSA) is 75.7 Å². The van der Waals surface area contributed by atoms with Crippen LogP contribution in [0.1, 0.15) is 23.6 Å². The summed E-state index contributed by atoms with van der Waals surface area (Å²) >= 11 is 9.65. The number of barbiturate groups is 1. The van der Waals surface area contributed by atoms with E-state index >= 15 is 0 Å². The number of amides is 4. The summed E-state index contributed by atoms with van der Waals surface area (Å²) in [6.45, 7) is 2.13. The Kier molecular flexibility index (Phi) is 7.14. The number of carbonyl (C=O) groups is 3. The molecule has 1 heterocycles. The monoisotopic (exact) mass is 538 g/mol. The van der Waals surface area contributed by atoms with Gasteiger partial charge in [0.15, 0.2) is 0 Å². The molecule has 4 amide bonds. The van der Waals surface area contributed by atoms with Gasteiger partial charge in [0.05, 0.1) is 5.69 Å². The molecule has 0 aliphatic carbocycles. The third-order valence-corrected chi connectivity index (χ3v) is 6.19. The normalized spacial score (nSPS) is 15.0. The number of imide groups is 2. The highest BCUT2D eigenvalue weighted by atomic mass is 79.9. The van der Waals surface area contributed by atoms with Gasteiger partial charge in [-0.1, -0.05) is 70.9 Å². The second-order valence-electron chi connectivity index (χ2n) is 7.50. The minimum atomic E-state index is -0.780. The van der Waals surface area contributed by atoms with Gasteiger partial charge >= 0.3 is 6.03 Å². The Morgan fingerprint density at radius 3 is 2.44 bits per heavy atom. The Morgan fingerprint density at radius 1 is 1.00 bits per heavy atom. The molecule has 0 atom stereocenters. The largest absolute Gasteiger partial charge is 0.488 e. The molecule has 0 spiro atoms. The first-order valence-corrected chi connectivity index (χ1v) is 11.7. The van der Waals surface area contributed by atoms with Crippen LogP contribution in [-0.2, 0) is 22.6 Å². The zero-order chi connectivity index (χ0) is 24.2. The molecule has 0 saturated carbocycles. The number of nitrogens with one attached hydrogen (secondary N) is 1. The number of rotatable bonds is 6. The molecule has 3 aromatic carbocycles.